The van der Waals surface area contributed by atoms with Crippen LogP contribution in [0.15, 0.2) is 72.9 Å². The Morgan fingerprint density at radius 3 is 1.12 bits per heavy atom. The van der Waals surface area contributed by atoms with E-state index >= 15 is 0 Å². The van der Waals surface area contributed by atoms with Gasteiger partial charge in [0.05, 0.1) is 25.4 Å². The summed E-state index contributed by atoms with van der Waals surface area (Å²) in [7, 11) is 0. The van der Waals surface area contributed by atoms with Gasteiger partial charge in [0.15, 0.2) is 6.29 Å². The van der Waals surface area contributed by atoms with Gasteiger partial charge in [-0.3, -0.25) is 4.79 Å². The van der Waals surface area contributed by atoms with E-state index in [4.69, 9.17) is 9.47 Å². The van der Waals surface area contributed by atoms with Crippen LogP contribution < -0.4 is 5.32 Å². The molecular formula is C73H133NO8. The summed E-state index contributed by atoms with van der Waals surface area (Å²) in [4.78, 5) is 13.2. The highest BCUT2D eigenvalue weighted by molar-refractivity contribution is 5.76. The van der Waals surface area contributed by atoms with Crippen LogP contribution in [-0.4, -0.2) is 87.5 Å². The number of nitrogens with one attached hydrogen (secondary N) is 1. The second-order valence-corrected chi connectivity index (χ2v) is 24.3. The van der Waals surface area contributed by atoms with Gasteiger partial charge in [-0.2, -0.15) is 0 Å². The Morgan fingerprint density at radius 1 is 0.427 bits per heavy atom. The van der Waals surface area contributed by atoms with Crippen LogP contribution in [0.4, 0.5) is 0 Å². The largest absolute Gasteiger partial charge is 0.394 e. The minimum absolute atomic E-state index is 0.141. The molecule has 82 heavy (non-hydrogen) atoms. The van der Waals surface area contributed by atoms with E-state index in [2.05, 4.69) is 92.1 Å². The third kappa shape index (κ3) is 49.8. The zero-order valence-electron chi connectivity index (χ0n) is 53.5. The van der Waals surface area contributed by atoms with E-state index in [1.165, 1.54) is 218 Å². The smallest absolute Gasteiger partial charge is 0.220 e. The molecule has 1 aliphatic heterocycles. The zero-order chi connectivity index (χ0) is 59.3. The van der Waals surface area contributed by atoms with E-state index in [0.29, 0.717) is 12.8 Å². The fourth-order valence-electron chi connectivity index (χ4n) is 11.1. The molecule has 0 spiro atoms. The van der Waals surface area contributed by atoms with Gasteiger partial charge in [-0.15, -0.1) is 0 Å². The first kappa shape index (κ1) is 77.6. The van der Waals surface area contributed by atoms with Gasteiger partial charge in [0, 0.05) is 6.42 Å². The molecule has 9 nitrogen and oxygen atoms in total. The molecule has 1 rings (SSSR count). The van der Waals surface area contributed by atoms with Gasteiger partial charge < -0.3 is 40.3 Å². The molecule has 6 N–H and O–H groups in total. The predicted molar refractivity (Wildman–Crippen MR) is 350 cm³/mol. The summed E-state index contributed by atoms with van der Waals surface area (Å²) in [5.74, 6) is -0.147. The van der Waals surface area contributed by atoms with E-state index in [1.54, 1.807) is 0 Å². The monoisotopic (exact) mass is 1150 g/mol. The van der Waals surface area contributed by atoms with Crippen molar-refractivity contribution >= 4 is 5.91 Å². The third-order valence-electron chi connectivity index (χ3n) is 16.6. The van der Waals surface area contributed by atoms with Crippen molar-refractivity contribution in [1.82, 2.24) is 5.32 Å². The van der Waals surface area contributed by atoms with Gasteiger partial charge >= 0.3 is 0 Å². The van der Waals surface area contributed by atoms with E-state index in [0.717, 1.165) is 83.5 Å². The molecule has 1 heterocycles. The van der Waals surface area contributed by atoms with E-state index in [-0.39, 0.29) is 12.5 Å². The Hall–Kier alpha value is -2.37. The number of allylic oxidation sites excluding steroid dienone is 12. The highest BCUT2D eigenvalue weighted by Crippen LogP contribution is 2.24. The summed E-state index contributed by atoms with van der Waals surface area (Å²) in [6.45, 7) is 3.76. The molecule has 1 fully saturated rings. The lowest BCUT2D eigenvalue weighted by molar-refractivity contribution is -0.302. The second-order valence-electron chi connectivity index (χ2n) is 24.3. The Balaban J connectivity index is 2.13. The number of unbranched alkanes of at least 4 members (excludes halogenated alkanes) is 39. The number of amides is 1. The zero-order valence-corrected chi connectivity index (χ0v) is 53.5. The molecule has 1 saturated heterocycles. The normalized spacial score (nSPS) is 18.7. The number of aliphatic hydroxyl groups is 5. The molecule has 0 bridgehead atoms. The first-order valence-electron chi connectivity index (χ1n) is 35.1. The summed E-state index contributed by atoms with van der Waals surface area (Å²) >= 11 is 0. The molecule has 0 radical (unpaired) electrons. The van der Waals surface area contributed by atoms with Crippen LogP contribution >= 0.6 is 0 Å². The predicted octanol–water partition coefficient (Wildman–Crippen LogP) is 19.1. The van der Waals surface area contributed by atoms with Crippen molar-refractivity contribution in [2.75, 3.05) is 13.2 Å². The Kier molecular flexibility index (Phi) is 58.4. The van der Waals surface area contributed by atoms with Gasteiger partial charge in [0.1, 0.15) is 24.4 Å². The maximum absolute atomic E-state index is 13.2. The van der Waals surface area contributed by atoms with Crippen LogP contribution in [0.2, 0.25) is 0 Å². The van der Waals surface area contributed by atoms with E-state index in [9.17, 15) is 30.3 Å². The number of carbonyl (C=O) groups excluding carboxylic acids is 1. The molecule has 0 aromatic heterocycles. The Bertz CT molecular complexity index is 1520. The first-order chi connectivity index (χ1) is 40.3. The average molecular weight is 1150 g/mol. The highest BCUT2D eigenvalue weighted by atomic mass is 16.7. The molecular weight excluding hydrogens is 1020 g/mol. The summed E-state index contributed by atoms with van der Waals surface area (Å²) < 4.78 is 11.4. The standard InChI is InChI=1S/C73H133NO8/c1-3-5-7-9-11-13-15-17-19-21-23-25-27-29-31-33-35-36-38-40-42-44-46-48-50-52-54-56-58-60-62-67(76)66(65-81-73-72(80)71(79)70(78)68(64-75)82-73)74-69(77)63-61-59-57-55-53-51-49-47-45-43-41-39-37-34-32-30-28-26-24-22-20-18-16-14-12-10-8-6-4-2/h6,8,12,14,18,20,24,26,30,32,37,39,66-68,70-73,75-76,78-80H,3-5,7,9-11,13,15-17,19,21-23,25,27-29,31,33-36,38,40-65H2,1-2H3,(H,74,77)/b8-6-,14-12-,20-18-,26-24-,32-30-,39-37-. The molecule has 7 unspecified atom stereocenters. The van der Waals surface area contributed by atoms with E-state index < -0.39 is 49.5 Å². The minimum Gasteiger partial charge on any atom is -0.394 e. The molecule has 1 amide bonds. The average Bonchev–Trinajstić information content (AvgIpc) is 3.57. The summed E-state index contributed by atoms with van der Waals surface area (Å²) in [5.41, 5.74) is 0. The molecule has 478 valence electrons. The highest BCUT2D eigenvalue weighted by Gasteiger charge is 2.44. The SMILES string of the molecule is CC/C=C\C/C=C\C/C=C\C/C=C\C/C=C\C/C=C\CCCCCCCCCCCCC(=O)NC(COC1OC(CO)C(O)C(O)C1O)C(O)CCCCCCCCCCCCCCCCCCCCCCCCCCCCCCCC. The van der Waals surface area contributed by atoms with Gasteiger partial charge in [0.2, 0.25) is 5.91 Å². The molecule has 0 aliphatic carbocycles. The van der Waals surface area contributed by atoms with Gasteiger partial charge in [-0.05, 0) is 64.2 Å². The topological polar surface area (TPSA) is 149 Å². The fourth-order valence-corrected chi connectivity index (χ4v) is 11.1. The lowest BCUT2D eigenvalue weighted by Gasteiger charge is -2.40. The van der Waals surface area contributed by atoms with Gasteiger partial charge in [-0.1, -0.05) is 331 Å². The molecule has 0 aromatic rings. The van der Waals surface area contributed by atoms with Crippen molar-refractivity contribution < 1.29 is 39.8 Å². The number of rotatable bonds is 61. The fraction of sp³-hybridized carbons (Fsp3) is 0.822. The lowest BCUT2D eigenvalue weighted by Crippen LogP contribution is -2.60. The maximum Gasteiger partial charge on any atom is 0.220 e. The quantitative estimate of drug-likeness (QED) is 0.0261. The molecule has 1 aliphatic rings. The van der Waals surface area contributed by atoms with Crippen LogP contribution in [0.3, 0.4) is 0 Å². The Morgan fingerprint density at radius 2 is 0.756 bits per heavy atom. The van der Waals surface area contributed by atoms with Crippen LogP contribution in [0, 0.1) is 0 Å². The van der Waals surface area contributed by atoms with Crippen LogP contribution in [0.25, 0.3) is 0 Å². The number of hydrogen-bond acceptors (Lipinski definition) is 8. The first-order valence-corrected chi connectivity index (χ1v) is 35.1. The van der Waals surface area contributed by atoms with Crippen LogP contribution in [0.1, 0.15) is 328 Å². The number of ether oxygens (including phenoxy) is 2. The van der Waals surface area contributed by atoms with Crippen molar-refractivity contribution in [2.45, 2.75) is 371 Å². The van der Waals surface area contributed by atoms with Crippen LogP contribution in [-0.2, 0) is 14.3 Å². The number of hydrogen-bond donors (Lipinski definition) is 6. The van der Waals surface area contributed by atoms with Gasteiger partial charge in [-0.25, -0.2) is 0 Å². The van der Waals surface area contributed by atoms with Crippen molar-refractivity contribution in [3.8, 4) is 0 Å². The molecule has 7 atom stereocenters. The summed E-state index contributed by atoms with van der Waals surface area (Å²) in [6.07, 6.45) is 79.6. The summed E-state index contributed by atoms with van der Waals surface area (Å²) in [6, 6.07) is -0.728. The minimum atomic E-state index is -1.56. The van der Waals surface area contributed by atoms with Crippen molar-refractivity contribution in [3.63, 3.8) is 0 Å². The molecule has 0 saturated carbocycles. The number of carbonyl (C=O) groups is 1. The van der Waals surface area contributed by atoms with Crippen molar-refractivity contribution in [3.05, 3.63) is 72.9 Å². The maximum atomic E-state index is 13.2. The molecule has 0 aromatic carbocycles. The van der Waals surface area contributed by atoms with Crippen LogP contribution in [0.5, 0.6) is 0 Å². The van der Waals surface area contributed by atoms with E-state index in [1.807, 2.05) is 0 Å². The lowest BCUT2D eigenvalue weighted by atomic mass is 9.99. The second kappa shape index (κ2) is 61.7. The number of aliphatic hydroxyl groups excluding tert-OH is 5. The third-order valence-corrected chi connectivity index (χ3v) is 16.6. The van der Waals surface area contributed by atoms with Crippen molar-refractivity contribution in [2.24, 2.45) is 0 Å². The molecule has 9 heteroatoms. The summed E-state index contributed by atoms with van der Waals surface area (Å²) in [5, 5.41) is 55.0. The van der Waals surface area contributed by atoms with Crippen molar-refractivity contribution in [1.29, 1.82) is 0 Å². The van der Waals surface area contributed by atoms with Gasteiger partial charge in [0.25, 0.3) is 0 Å². The Labute approximate surface area is 506 Å².